The highest BCUT2D eigenvalue weighted by atomic mass is 79.9. The van der Waals surface area contributed by atoms with E-state index in [1.165, 1.54) is 4.90 Å². The summed E-state index contributed by atoms with van der Waals surface area (Å²) in [4.78, 5) is 14.3. The lowest BCUT2D eigenvalue weighted by molar-refractivity contribution is -0.235. The third kappa shape index (κ3) is 2.86. The largest absolute Gasteiger partial charge is 0.451 e. The summed E-state index contributed by atoms with van der Waals surface area (Å²) in [7, 11) is 0. The molecule has 0 bridgehead atoms. The van der Waals surface area contributed by atoms with Crippen LogP contribution in [0.3, 0.4) is 0 Å². The van der Waals surface area contributed by atoms with Gasteiger partial charge in [-0.2, -0.15) is 13.2 Å². The van der Waals surface area contributed by atoms with Crippen molar-refractivity contribution in [3.05, 3.63) is 34.5 Å². The summed E-state index contributed by atoms with van der Waals surface area (Å²) in [5.74, 6) is -1.43. The number of amides is 1. The van der Waals surface area contributed by atoms with Crippen LogP contribution in [0.1, 0.15) is 36.2 Å². The van der Waals surface area contributed by atoms with Crippen molar-refractivity contribution in [3.63, 3.8) is 0 Å². The first-order chi connectivity index (χ1) is 11.8. The first-order valence-corrected chi connectivity index (χ1v) is 9.13. The lowest BCUT2D eigenvalue weighted by Crippen LogP contribution is -2.57. The molecular weight excluding hydrogens is 399 g/mol. The molecule has 1 atom stereocenters. The molecule has 0 unspecified atom stereocenters. The number of fused-ring (bicyclic) bond motifs is 1. The number of alkyl halides is 3. The maximum atomic E-state index is 13.4. The smallest absolute Gasteiger partial charge is 0.392 e. The van der Waals surface area contributed by atoms with Gasteiger partial charge in [-0.25, -0.2) is 0 Å². The molecule has 1 aromatic carbocycles. The summed E-state index contributed by atoms with van der Waals surface area (Å²) in [5, 5.41) is 0.793. The van der Waals surface area contributed by atoms with Gasteiger partial charge in [-0.3, -0.25) is 4.79 Å². The zero-order valence-corrected chi connectivity index (χ0v) is 15.0. The maximum absolute atomic E-state index is 13.4. The third-order valence-corrected chi connectivity index (χ3v) is 6.15. The number of hydrogen-bond acceptors (Lipinski definition) is 2. The zero-order valence-electron chi connectivity index (χ0n) is 13.4. The average molecular weight is 416 g/mol. The number of rotatable bonds is 1. The van der Waals surface area contributed by atoms with Gasteiger partial charge in [-0.05, 0) is 48.9 Å². The third-order valence-electron chi connectivity index (χ3n) is 5.65. The van der Waals surface area contributed by atoms with Gasteiger partial charge in [-0.15, -0.1) is 0 Å². The fourth-order valence-electron chi connectivity index (χ4n) is 4.26. The van der Waals surface area contributed by atoms with Crippen molar-refractivity contribution in [2.24, 2.45) is 11.3 Å². The molecule has 1 saturated carbocycles. The molecule has 2 fully saturated rings. The summed E-state index contributed by atoms with van der Waals surface area (Å²) >= 11 is 3.37. The van der Waals surface area contributed by atoms with Gasteiger partial charge in [0.1, 0.15) is 5.58 Å². The number of carbonyl (C=O) groups excluding carboxylic acids is 1. The quantitative estimate of drug-likeness (QED) is 0.625. The van der Waals surface area contributed by atoms with Crippen molar-refractivity contribution in [1.29, 1.82) is 0 Å². The number of nitrogens with zero attached hydrogens (tertiary/aromatic N) is 1. The molecule has 0 N–H and O–H groups in total. The lowest BCUT2D eigenvalue weighted by atomic mass is 9.58. The van der Waals surface area contributed by atoms with Crippen LogP contribution in [0.4, 0.5) is 13.2 Å². The summed E-state index contributed by atoms with van der Waals surface area (Å²) < 4.78 is 46.6. The van der Waals surface area contributed by atoms with E-state index >= 15 is 0 Å². The van der Waals surface area contributed by atoms with E-state index in [1.54, 1.807) is 12.1 Å². The molecule has 1 aliphatic carbocycles. The Morgan fingerprint density at radius 2 is 2.04 bits per heavy atom. The SMILES string of the molecule is O=C(c1cc2cc(Br)ccc2o1)N1CC[C@H](C(F)(F)F)C2(CCC2)C1. The molecule has 2 aromatic rings. The van der Waals surface area contributed by atoms with E-state index in [4.69, 9.17) is 4.42 Å². The maximum Gasteiger partial charge on any atom is 0.392 e. The van der Waals surface area contributed by atoms with Gasteiger partial charge in [-0.1, -0.05) is 22.4 Å². The fraction of sp³-hybridized carbons (Fsp3) is 0.500. The Morgan fingerprint density at radius 3 is 2.68 bits per heavy atom. The van der Waals surface area contributed by atoms with Crippen LogP contribution in [0.5, 0.6) is 0 Å². The van der Waals surface area contributed by atoms with Crippen molar-refractivity contribution < 1.29 is 22.4 Å². The molecular formula is C18H17BrF3NO2. The molecule has 2 heterocycles. The average Bonchev–Trinajstić information content (AvgIpc) is 2.94. The van der Waals surface area contributed by atoms with Crippen LogP contribution in [-0.2, 0) is 0 Å². The van der Waals surface area contributed by atoms with Gasteiger partial charge in [0, 0.05) is 22.9 Å². The van der Waals surface area contributed by atoms with E-state index in [-0.39, 0.29) is 31.2 Å². The van der Waals surface area contributed by atoms with Crippen molar-refractivity contribution in [2.75, 3.05) is 13.1 Å². The Bertz CT molecular complexity index is 825. The molecule has 1 aliphatic heterocycles. The molecule has 25 heavy (non-hydrogen) atoms. The van der Waals surface area contributed by atoms with E-state index in [0.717, 1.165) is 16.3 Å². The molecule has 1 saturated heterocycles. The first-order valence-electron chi connectivity index (χ1n) is 8.34. The standard InChI is InChI=1S/C18H17BrF3NO2/c19-12-2-3-13-11(8-12)9-14(25-13)16(24)23-7-4-15(18(20,21)22)17(10-23)5-1-6-17/h2-3,8-9,15H,1,4-7,10H2/t15-/m0/s1. The Hall–Kier alpha value is -1.50. The second-order valence-electron chi connectivity index (χ2n) is 7.12. The predicted octanol–water partition coefficient (Wildman–Crippen LogP) is 5.39. The summed E-state index contributed by atoms with van der Waals surface area (Å²) in [6.07, 6.45) is -2.35. The van der Waals surface area contributed by atoms with Crippen LogP contribution < -0.4 is 0 Å². The van der Waals surface area contributed by atoms with E-state index in [9.17, 15) is 18.0 Å². The number of benzene rings is 1. The van der Waals surface area contributed by atoms with Crippen molar-refractivity contribution in [3.8, 4) is 0 Å². The van der Waals surface area contributed by atoms with Crippen LogP contribution >= 0.6 is 15.9 Å². The fourth-order valence-corrected chi connectivity index (χ4v) is 4.64. The van der Waals surface area contributed by atoms with E-state index in [1.807, 2.05) is 12.1 Å². The van der Waals surface area contributed by atoms with Crippen molar-refractivity contribution in [2.45, 2.75) is 31.9 Å². The second kappa shape index (κ2) is 5.76. The van der Waals surface area contributed by atoms with Crippen LogP contribution in [0.25, 0.3) is 11.0 Å². The molecule has 2 aliphatic rings. The molecule has 1 amide bonds. The zero-order chi connectivity index (χ0) is 17.8. The van der Waals surface area contributed by atoms with Gasteiger partial charge >= 0.3 is 6.18 Å². The van der Waals surface area contributed by atoms with Crippen LogP contribution in [0, 0.1) is 11.3 Å². The number of furan rings is 1. The highest BCUT2D eigenvalue weighted by Gasteiger charge is 2.58. The van der Waals surface area contributed by atoms with Crippen molar-refractivity contribution in [1.82, 2.24) is 4.90 Å². The van der Waals surface area contributed by atoms with Gasteiger partial charge in [0.2, 0.25) is 0 Å². The highest BCUT2D eigenvalue weighted by Crippen LogP contribution is 2.56. The Balaban J connectivity index is 1.58. The molecule has 134 valence electrons. The van der Waals surface area contributed by atoms with Crippen LogP contribution in [0.2, 0.25) is 0 Å². The number of hydrogen-bond donors (Lipinski definition) is 0. The predicted molar refractivity (Wildman–Crippen MR) is 90.3 cm³/mol. The summed E-state index contributed by atoms with van der Waals surface area (Å²) in [6.45, 7) is 0.280. The number of carbonyl (C=O) groups is 1. The van der Waals surface area contributed by atoms with Crippen LogP contribution in [0.15, 0.2) is 33.2 Å². The number of piperidine rings is 1. The minimum absolute atomic E-state index is 0.0268. The second-order valence-corrected chi connectivity index (χ2v) is 8.03. The minimum Gasteiger partial charge on any atom is -0.451 e. The van der Waals surface area contributed by atoms with Crippen LogP contribution in [-0.4, -0.2) is 30.1 Å². The Labute approximate surface area is 151 Å². The Kier molecular flexibility index (Phi) is 3.90. The number of halogens is 4. The Morgan fingerprint density at radius 1 is 1.28 bits per heavy atom. The molecule has 4 rings (SSSR count). The number of likely N-dealkylation sites (tertiary alicyclic amines) is 1. The molecule has 1 spiro atoms. The van der Waals surface area contributed by atoms with Gasteiger partial charge in [0.15, 0.2) is 5.76 Å². The molecule has 0 radical (unpaired) electrons. The first kappa shape index (κ1) is 16.9. The van der Waals surface area contributed by atoms with Crippen molar-refractivity contribution >= 4 is 32.8 Å². The monoisotopic (exact) mass is 415 g/mol. The van der Waals surface area contributed by atoms with E-state index in [2.05, 4.69) is 15.9 Å². The minimum atomic E-state index is -4.19. The summed E-state index contributed by atoms with van der Waals surface area (Å²) in [6, 6.07) is 7.09. The van der Waals surface area contributed by atoms with Gasteiger partial charge in [0.25, 0.3) is 5.91 Å². The molecule has 3 nitrogen and oxygen atoms in total. The topological polar surface area (TPSA) is 33.5 Å². The van der Waals surface area contributed by atoms with E-state index in [0.29, 0.717) is 18.4 Å². The molecule has 1 aromatic heterocycles. The highest BCUT2D eigenvalue weighted by molar-refractivity contribution is 9.10. The van der Waals surface area contributed by atoms with Gasteiger partial charge in [0.05, 0.1) is 5.92 Å². The lowest BCUT2D eigenvalue weighted by Gasteiger charge is -2.53. The summed E-state index contributed by atoms with van der Waals surface area (Å²) in [5.41, 5.74) is -0.212. The van der Waals surface area contributed by atoms with E-state index < -0.39 is 17.5 Å². The normalized spacial score (nSPS) is 23.0. The van der Waals surface area contributed by atoms with Gasteiger partial charge < -0.3 is 9.32 Å². The molecule has 7 heteroatoms.